The van der Waals surface area contributed by atoms with Crippen LogP contribution in [0.2, 0.25) is 0 Å². The van der Waals surface area contributed by atoms with Crippen LogP contribution in [0.1, 0.15) is 5.82 Å². The Morgan fingerprint density at radius 1 is 1.25 bits per heavy atom. The van der Waals surface area contributed by atoms with E-state index in [-0.39, 0.29) is 0 Å². The molecule has 0 spiro atoms. The fourth-order valence-corrected chi connectivity index (χ4v) is 0.833. The number of aromatic nitrogens is 6. The first kappa shape index (κ1) is 9.82. The molecule has 0 aliphatic heterocycles. The van der Waals surface area contributed by atoms with Gasteiger partial charge in [0.05, 0.1) is 5.10 Å². The zero-order valence-corrected chi connectivity index (χ0v) is 8.00. The van der Waals surface area contributed by atoms with Crippen LogP contribution >= 0.6 is 0 Å². The van der Waals surface area contributed by atoms with Gasteiger partial charge in [0.2, 0.25) is 6.33 Å². The zero-order chi connectivity index (χ0) is 11.5. The van der Waals surface area contributed by atoms with Gasteiger partial charge < -0.3 is 10.1 Å². The molecule has 82 valence electrons. The SMILES string of the molecule is Cc1ncn(/N=N/n2cnc([N+](=O)[O-])n2)n1. The van der Waals surface area contributed by atoms with Crippen molar-refractivity contribution in [3.05, 3.63) is 28.6 Å². The maximum Gasteiger partial charge on any atom is 0.492 e. The fraction of sp³-hybridized carbons (Fsp3) is 0.200. The van der Waals surface area contributed by atoms with Crippen LogP contribution in [0.3, 0.4) is 0 Å². The number of nitrogens with zero attached hydrogens (tertiary/aromatic N) is 9. The minimum absolute atomic E-state index is 0.531. The van der Waals surface area contributed by atoms with Crippen molar-refractivity contribution in [2.45, 2.75) is 6.92 Å². The Kier molecular flexibility index (Phi) is 2.33. The fourth-order valence-electron chi connectivity index (χ4n) is 0.833. The predicted molar refractivity (Wildman–Crippen MR) is 47.1 cm³/mol. The second-order valence-electron chi connectivity index (χ2n) is 2.61. The highest BCUT2D eigenvalue weighted by atomic mass is 16.6. The number of aryl methyl sites for hydroxylation is 1. The van der Waals surface area contributed by atoms with E-state index >= 15 is 0 Å². The average molecular weight is 223 g/mol. The summed E-state index contributed by atoms with van der Waals surface area (Å²) in [6.45, 7) is 1.69. The van der Waals surface area contributed by atoms with Gasteiger partial charge in [0.15, 0.2) is 0 Å². The Balaban J connectivity index is 2.14. The predicted octanol–water partition coefficient (Wildman–Crippen LogP) is -0.235. The average Bonchev–Trinajstić information content (AvgIpc) is 2.83. The lowest BCUT2D eigenvalue weighted by atomic mass is 10.8. The normalized spacial score (nSPS) is 11.1. The van der Waals surface area contributed by atoms with E-state index in [1.54, 1.807) is 6.92 Å². The third-order valence-corrected chi connectivity index (χ3v) is 1.45. The van der Waals surface area contributed by atoms with Crippen molar-refractivity contribution in [2.24, 2.45) is 10.4 Å². The molecule has 11 heteroatoms. The monoisotopic (exact) mass is 223 g/mol. The molecular formula is C5H5N9O2. The summed E-state index contributed by atoms with van der Waals surface area (Å²) in [6, 6.07) is 0. The van der Waals surface area contributed by atoms with Gasteiger partial charge in [-0.05, 0) is 32.1 Å². The zero-order valence-electron chi connectivity index (χ0n) is 8.00. The van der Waals surface area contributed by atoms with E-state index in [1.165, 1.54) is 6.33 Å². The Morgan fingerprint density at radius 3 is 2.38 bits per heavy atom. The molecule has 0 unspecified atom stereocenters. The Labute approximate surface area is 87.5 Å². The molecule has 2 rings (SSSR count). The Bertz CT molecular complexity index is 540. The summed E-state index contributed by atoms with van der Waals surface area (Å²) in [6.07, 6.45) is 2.40. The number of hydrogen-bond donors (Lipinski definition) is 0. The first-order valence-electron chi connectivity index (χ1n) is 4.02. The van der Waals surface area contributed by atoms with Crippen molar-refractivity contribution in [3.63, 3.8) is 0 Å². The molecule has 0 fully saturated rings. The van der Waals surface area contributed by atoms with Crippen molar-refractivity contribution < 1.29 is 4.92 Å². The summed E-state index contributed by atoms with van der Waals surface area (Å²) < 4.78 is 0. The van der Waals surface area contributed by atoms with Gasteiger partial charge in [0, 0.05) is 0 Å². The summed E-state index contributed by atoms with van der Waals surface area (Å²) >= 11 is 0. The van der Waals surface area contributed by atoms with Crippen LogP contribution in [0, 0.1) is 17.0 Å². The summed E-state index contributed by atoms with van der Waals surface area (Å²) in [5.74, 6) is -0.0164. The van der Waals surface area contributed by atoms with Gasteiger partial charge in [-0.15, -0.1) is 9.89 Å². The van der Waals surface area contributed by atoms with Gasteiger partial charge in [-0.2, -0.15) is 0 Å². The Hall–Kier alpha value is -2.72. The van der Waals surface area contributed by atoms with E-state index in [4.69, 9.17) is 0 Å². The molecule has 0 amide bonds. The lowest BCUT2D eigenvalue weighted by Crippen LogP contribution is -1.94. The van der Waals surface area contributed by atoms with Gasteiger partial charge in [0.25, 0.3) is 0 Å². The molecule has 0 aliphatic carbocycles. The van der Waals surface area contributed by atoms with E-state index in [9.17, 15) is 10.1 Å². The van der Waals surface area contributed by atoms with Crippen LogP contribution in [-0.4, -0.2) is 34.7 Å². The topological polar surface area (TPSA) is 129 Å². The minimum atomic E-state index is -0.731. The van der Waals surface area contributed by atoms with Crippen LogP contribution < -0.4 is 0 Å². The van der Waals surface area contributed by atoms with E-state index in [2.05, 4.69) is 30.6 Å². The highest BCUT2D eigenvalue weighted by Crippen LogP contribution is 1.99. The van der Waals surface area contributed by atoms with Crippen molar-refractivity contribution in [1.82, 2.24) is 29.7 Å². The van der Waals surface area contributed by atoms with Crippen LogP contribution in [0.5, 0.6) is 0 Å². The van der Waals surface area contributed by atoms with Crippen LogP contribution in [0.4, 0.5) is 5.95 Å². The molecule has 2 aromatic rings. The van der Waals surface area contributed by atoms with E-state index in [1.807, 2.05) is 0 Å². The maximum atomic E-state index is 10.3. The van der Waals surface area contributed by atoms with Crippen molar-refractivity contribution in [3.8, 4) is 0 Å². The van der Waals surface area contributed by atoms with Gasteiger partial charge in [-0.3, -0.25) is 0 Å². The van der Waals surface area contributed by atoms with Gasteiger partial charge >= 0.3 is 5.95 Å². The second kappa shape index (κ2) is 3.80. The first-order valence-corrected chi connectivity index (χ1v) is 4.02. The minimum Gasteiger partial charge on any atom is -0.390 e. The molecule has 0 bridgehead atoms. The highest BCUT2D eigenvalue weighted by Gasteiger charge is 2.12. The summed E-state index contributed by atoms with van der Waals surface area (Å²) in [4.78, 5) is 18.7. The van der Waals surface area contributed by atoms with Gasteiger partial charge in [-0.25, -0.2) is 4.98 Å². The largest absolute Gasteiger partial charge is 0.492 e. The van der Waals surface area contributed by atoms with Crippen LogP contribution in [-0.2, 0) is 0 Å². The molecule has 16 heavy (non-hydrogen) atoms. The third kappa shape index (κ3) is 2.02. The quantitative estimate of drug-likeness (QED) is 0.401. The number of rotatable bonds is 3. The molecule has 11 nitrogen and oxygen atoms in total. The van der Waals surface area contributed by atoms with Crippen molar-refractivity contribution in [2.75, 3.05) is 0 Å². The third-order valence-electron chi connectivity index (χ3n) is 1.45. The molecule has 0 aliphatic rings. The number of hydrogen-bond acceptors (Lipinski definition) is 8. The molecule has 0 aromatic carbocycles. The molecule has 0 radical (unpaired) electrons. The highest BCUT2D eigenvalue weighted by molar-refractivity contribution is 4.96. The molecule has 0 N–H and O–H groups in total. The van der Waals surface area contributed by atoms with Crippen LogP contribution in [0.15, 0.2) is 23.1 Å². The molecule has 0 saturated heterocycles. The first-order chi connectivity index (χ1) is 7.65. The van der Waals surface area contributed by atoms with E-state index in [0.29, 0.717) is 5.82 Å². The number of nitro groups is 1. The molecule has 2 heterocycles. The second-order valence-corrected chi connectivity index (χ2v) is 2.61. The molecule has 0 saturated carbocycles. The van der Waals surface area contributed by atoms with E-state index < -0.39 is 10.9 Å². The van der Waals surface area contributed by atoms with Crippen molar-refractivity contribution >= 4 is 5.95 Å². The lowest BCUT2D eigenvalue weighted by Gasteiger charge is -1.84. The van der Waals surface area contributed by atoms with E-state index in [0.717, 1.165) is 15.9 Å². The lowest BCUT2D eigenvalue weighted by molar-refractivity contribution is -0.394. The standard InChI is InChI=1S/C5H5N9O2/c1-4-6-2-12(8-4)10-11-13-3-7-5(9-13)14(15)16/h2-3H,1H3/b11-10+. The maximum absolute atomic E-state index is 10.3. The van der Waals surface area contributed by atoms with Gasteiger partial charge in [0.1, 0.15) is 12.2 Å². The molecular weight excluding hydrogens is 218 g/mol. The molecule has 0 atom stereocenters. The summed E-state index contributed by atoms with van der Waals surface area (Å²) in [5, 5.41) is 24.6. The van der Waals surface area contributed by atoms with Crippen molar-refractivity contribution in [1.29, 1.82) is 0 Å². The Morgan fingerprint density at radius 2 is 1.88 bits per heavy atom. The smallest absolute Gasteiger partial charge is 0.390 e. The van der Waals surface area contributed by atoms with Crippen LogP contribution in [0.25, 0.3) is 0 Å². The molecule has 2 aromatic heterocycles. The summed E-state index contributed by atoms with van der Waals surface area (Å²) in [7, 11) is 0. The summed E-state index contributed by atoms with van der Waals surface area (Å²) in [5.41, 5.74) is 0. The van der Waals surface area contributed by atoms with Gasteiger partial charge in [-0.1, -0.05) is 0 Å².